The molecule has 1 atom stereocenters. The SMILES string of the molecule is CC(C)(O)CC1CNC(=O)Cc2c1[nH]c1c(Cl)c(Cl)cc(Br)c21. The lowest BCUT2D eigenvalue weighted by atomic mass is 9.89. The summed E-state index contributed by atoms with van der Waals surface area (Å²) in [6.45, 7) is 4.01. The lowest BCUT2D eigenvalue weighted by Crippen LogP contribution is -2.30. The number of carbonyl (C=O) groups excluding carboxylic acids is 1. The number of hydrogen-bond acceptors (Lipinski definition) is 2. The second-order valence-electron chi connectivity index (χ2n) is 6.62. The number of aromatic nitrogens is 1. The van der Waals surface area contributed by atoms with Crippen LogP contribution in [0, 0.1) is 0 Å². The molecule has 0 fully saturated rings. The summed E-state index contributed by atoms with van der Waals surface area (Å²) in [6.07, 6.45) is 0.796. The predicted molar refractivity (Wildman–Crippen MR) is 96.4 cm³/mol. The fourth-order valence-electron chi connectivity index (χ4n) is 3.22. The number of hydrogen-bond donors (Lipinski definition) is 3. The first-order chi connectivity index (χ1) is 10.7. The van der Waals surface area contributed by atoms with E-state index in [0.29, 0.717) is 23.0 Å². The van der Waals surface area contributed by atoms with Crippen molar-refractivity contribution in [1.82, 2.24) is 10.3 Å². The molecule has 3 rings (SSSR count). The monoisotopic (exact) mass is 418 g/mol. The van der Waals surface area contributed by atoms with Gasteiger partial charge >= 0.3 is 0 Å². The number of H-pyrrole nitrogens is 1. The first-order valence-electron chi connectivity index (χ1n) is 7.34. The molecular formula is C16H17BrCl2N2O2. The van der Waals surface area contributed by atoms with Crippen LogP contribution in [0.15, 0.2) is 10.5 Å². The van der Waals surface area contributed by atoms with Crippen LogP contribution >= 0.6 is 39.1 Å². The Hall–Kier alpha value is -0.750. The Bertz CT molecular complexity index is 796. The van der Waals surface area contributed by atoms with Crippen molar-refractivity contribution in [2.75, 3.05) is 6.54 Å². The summed E-state index contributed by atoms with van der Waals surface area (Å²) in [5.74, 6) is -0.0611. The van der Waals surface area contributed by atoms with Gasteiger partial charge in [0.1, 0.15) is 0 Å². The normalized spacial score (nSPS) is 18.7. The van der Waals surface area contributed by atoms with Gasteiger partial charge in [0.2, 0.25) is 5.91 Å². The van der Waals surface area contributed by atoms with Gasteiger partial charge in [-0.2, -0.15) is 0 Å². The van der Waals surface area contributed by atoms with Crippen LogP contribution in [0.3, 0.4) is 0 Å². The summed E-state index contributed by atoms with van der Waals surface area (Å²) < 4.78 is 0.802. The second kappa shape index (κ2) is 5.96. The first kappa shape index (κ1) is 17.1. The highest BCUT2D eigenvalue weighted by atomic mass is 79.9. The number of nitrogens with one attached hydrogen (secondary N) is 2. The Morgan fingerprint density at radius 3 is 2.78 bits per heavy atom. The first-order valence-corrected chi connectivity index (χ1v) is 8.89. The summed E-state index contributed by atoms with van der Waals surface area (Å²) in [7, 11) is 0. The Balaban J connectivity index is 2.24. The van der Waals surface area contributed by atoms with Gasteiger partial charge in [-0.1, -0.05) is 39.1 Å². The lowest BCUT2D eigenvalue weighted by Gasteiger charge is -2.24. The molecule has 0 bridgehead atoms. The number of benzene rings is 1. The molecular weight excluding hydrogens is 403 g/mol. The van der Waals surface area contributed by atoms with Gasteiger partial charge in [0, 0.05) is 28.0 Å². The van der Waals surface area contributed by atoms with Gasteiger partial charge in [-0.25, -0.2) is 0 Å². The predicted octanol–water partition coefficient (Wildman–Crippen LogP) is 4.15. The Morgan fingerprint density at radius 1 is 1.43 bits per heavy atom. The Labute approximate surface area is 152 Å². The van der Waals surface area contributed by atoms with Crippen LogP contribution in [0.4, 0.5) is 0 Å². The molecule has 0 spiro atoms. The molecule has 1 unspecified atom stereocenters. The minimum absolute atomic E-state index is 0.0226. The third-order valence-corrected chi connectivity index (χ3v) is 5.51. The molecule has 1 aromatic heterocycles. The van der Waals surface area contributed by atoms with Crippen molar-refractivity contribution in [3.05, 3.63) is 31.8 Å². The fourth-order valence-corrected chi connectivity index (χ4v) is 4.42. The summed E-state index contributed by atoms with van der Waals surface area (Å²) >= 11 is 16.0. The lowest BCUT2D eigenvalue weighted by molar-refractivity contribution is -0.120. The van der Waals surface area contributed by atoms with E-state index in [0.717, 1.165) is 26.6 Å². The molecule has 0 saturated carbocycles. The fraction of sp³-hybridized carbons (Fsp3) is 0.438. The number of rotatable bonds is 2. The minimum atomic E-state index is -0.840. The number of fused-ring (bicyclic) bond motifs is 3. The molecule has 1 aliphatic heterocycles. The van der Waals surface area contributed by atoms with E-state index in [1.54, 1.807) is 19.9 Å². The maximum atomic E-state index is 12.1. The number of aliphatic hydroxyl groups is 1. The molecule has 2 heterocycles. The zero-order valence-electron chi connectivity index (χ0n) is 12.8. The summed E-state index contributed by atoms with van der Waals surface area (Å²) in [5, 5.41) is 14.9. The van der Waals surface area contributed by atoms with Gasteiger partial charge in [-0.3, -0.25) is 4.79 Å². The van der Waals surface area contributed by atoms with Crippen LogP contribution in [0.1, 0.15) is 37.4 Å². The van der Waals surface area contributed by atoms with E-state index in [1.165, 1.54) is 0 Å². The number of halogens is 3. The standard InChI is InChI=1S/C16H17BrCl2N2O2/c1-16(2,23)5-7-6-20-11(22)3-8-12-9(17)4-10(18)13(19)15(12)21-14(7)8/h4,7,21,23H,3,5-6H2,1-2H3,(H,20,22). The van der Waals surface area contributed by atoms with Crippen LogP contribution in [0.2, 0.25) is 10.0 Å². The van der Waals surface area contributed by atoms with Gasteiger partial charge in [0.15, 0.2) is 0 Å². The van der Waals surface area contributed by atoms with Crippen LogP contribution in [-0.2, 0) is 11.2 Å². The van der Waals surface area contributed by atoms with Crippen LogP contribution in [-0.4, -0.2) is 28.1 Å². The molecule has 0 saturated heterocycles. The molecule has 2 aromatic rings. The number of carbonyl (C=O) groups is 1. The largest absolute Gasteiger partial charge is 0.390 e. The molecule has 124 valence electrons. The molecule has 1 amide bonds. The van der Waals surface area contributed by atoms with E-state index < -0.39 is 5.60 Å². The van der Waals surface area contributed by atoms with Gasteiger partial charge in [-0.15, -0.1) is 0 Å². The van der Waals surface area contributed by atoms with E-state index in [2.05, 4.69) is 26.2 Å². The number of amides is 1. The molecule has 0 aliphatic carbocycles. The van der Waals surface area contributed by atoms with Gasteiger partial charge in [0.25, 0.3) is 0 Å². The van der Waals surface area contributed by atoms with Crippen molar-refractivity contribution in [3.8, 4) is 0 Å². The topological polar surface area (TPSA) is 65.1 Å². The highest BCUT2D eigenvalue weighted by Gasteiger charge is 2.31. The smallest absolute Gasteiger partial charge is 0.224 e. The molecule has 4 nitrogen and oxygen atoms in total. The van der Waals surface area contributed by atoms with Crippen molar-refractivity contribution in [2.45, 2.75) is 38.2 Å². The average Bonchev–Trinajstić information content (AvgIpc) is 2.73. The third-order valence-electron chi connectivity index (χ3n) is 4.10. The Kier molecular flexibility index (Phi) is 4.42. The van der Waals surface area contributed by atoms with Crippen molar-refractivity contribution >= 4 is 55.9 Å². The highest BCUT2D eigenvalue weighted by Crippen LogP contribution is 2.42. The van der Waals surface area contributed by atoms with E-state index in [1.807, 2.05) is 0 Å². The van der Waals surface area contributed by atoms with E-state index in [4.69, 9.17) is 23.2 Å². The third kappa shape index (κ3) is 3.25. The van der Waals surface area contributed by atoms with Gasteiger partial charge in [0.05, 0.1) is 27.6 Å². The van der Waals surface area contributed by atoms with Crippen LogP contribution in [0.5, 0.6) is 0 Å². The summed E-state index contributed by atoms with van der Waals surface area (Å²) in [6, 6.07) is 1.74. The minimum Gasteiger partial charge on any atom is -0.390 e. The van der Waals surface area contributed by atoms with Crippen molar-refractivity contribution in [2.24, 2.45) is 0 Å². The molecule has 23 heavy (non-hydrogen) atoms. The van der Waals surface area contributed by atoms with E-state index in [-0.39, 0.29) is 18.2 Å². The average molecular weight is 420 g/mol. The van der Waals surface area contributed by atoms with Crippen molar-refractivity contribution < 1.29 is 9.90 Å². The van der Waals surface area contributed by atoms with Crippen molar-refractivity contribution in [1.29, 1.82) is 0 Å². The Morgan fingerprint density at radius 2 is 2.13 bits per heavy atom. The molecule has 1 aromatic carbocycles. The van der Waals surface area contributed by atoms with Gasteiger partial charge in [-0.05, 0) is 31.9 Å². The quantitative estimate of drug-likeness (QED) is 0.640. The molecule has 0 radical (unpaired) electrons. The summed E-state index contributed by atoms with van der Waals surface area (Å²) in [4.78, 5) is 15.4. The van der Waals surface area contributed by atoms with E-state index in [9.17, 15) is 9.90 Å². The van der Waals surface area contributed by atoms with Gasteiger partial charge < -0.3 is 15.4 Å². The van der Waals surface area contributed by atoms with E-state index >= 15 is 0 Å². The highest BCUT2D eigenvalue weighted by molar-refractivity contribution is 9.10. The maximum Gasteiger partial charge on any atom is 0.224 e. The molecule has 7 heteroatoms. The second-order valence-corrected chi connectivity index (χ2v) is 8.26. The van der Waals surface area contributed by atoms with Crippen LogP contribution in [0.25, 0.3) is 10.9 Å². The maximum absolute atomic E-state index is 12.1. The van der Waals surface area contributed by atoms with Crippen molar-refractivity contribution in [3.63, 3.8) is 0 Å². The zero-order chi connectivity index (χ0) is 16.9. The zero-order valence-corrected chi connectivity index (χ0v) is 15.9. The summed E-state index contributed by atoms with van der Waals surface area (Å²) in [5.41, 5.74) is 1.74. The molecule has 1 aliphatic rings. The number of aromatic amines is 1. The molecule has 3 N–H and O–H groups in total. The van der Waals surface area contributed by atoms with Crippen LogP contribution < -0.4 is 5.32 Å².